The number of hydrogen-bond donors (Lipinski definition) is 0. The third kappa shape index (κ3) is 5.04. The Morgan fingerprint density at radius 1 is 1.20 bits per heavy atom. The zero-order chi connectivity index (χ0) is 15.2. The molecule has 1 aliphatic heterocycles. The minimum absolute atomic E-state index is 0.0153. The first-order valence-electron chi connectivity index (χ1n) is 7.48. The van der Waals surface area contributed by atoms with Crippen LogP contribution in [0.3, 0.4) is 0 Å². The molecule has 1 atom stereocenters. The summed E-state index contributed by atoms with van der Waals surface area (Å²) in [6, 6.07) is 2.39. The zero-order valence-electron chi connectivity index (χ0n) is 12.9. The van der Waals surface area contributed by atoms with Crippen molar-refractivity contribution in [1.82, 2.24) is 9.80 Å². The molecule has 116 valence electrons. The summed E-state index contributed by atoms with van der Waals surface area (Å²) in [7, 11) is -2.95. The Kier molecular flexibility index (Phi) is 6.93. The molecule has 0 amide bonds. The van der Waals surface area contributed by atoms with Crippen LogP contribution in [0.2, 0.25) is 0 Å². The molecule has 1 saturated heterocycles. The third-order valence-corrected chi connectivity index (χ3v) is 6.16. The molecule has 1 rings (SSSR count). The molecule has 1 unspecified atom stereocenters. The lowest BCUT2D eigenvalue weighted by atomic mass is 10.1. The highest BCUT2D eigenvalue weighted by molar-refractivity contribution is 7.92. The first-order chi connectivity index (χ1) is 9.40. The van der Waals surface area contributed by atoms with Gasteiger partial charge in [0, 0.05) is 32.7 Å². The van der Waals surface area contributed by atoms with Crippen molar-refractivity contribution >= 4 is 9.84 Å². The molecular weight excluding hydrogens is 274 g/mol. The summed E-state index contributed by atoms with van der Waals surface area (Å²) < 4.78 is 23.6. The number of nitriles is 1. The monoisotopic (exact) mass is 301 g/mol. The molecule has 0 aromatic heterocycles. The highest BCUT2D eigenvalue weighted by Crippen LogP contribution is 2.11. The second-order valence-electron chi connectivity index (χ2n) is 5.73. The van der Waals surface area contributed by atoms with Crippen LogP contribution in [0.1, 0.15) is 33.6 Å². The fourth-order valence-corrected chi connectivity index (χ4v) is 3.38. The Hall–Kier alpha value is -0.640. The van der Waals surface area contributed by atoms with Gasteiger partial charge in [-0.1, -0.05) is 13.3 Å². The number of sulfone groups is 1. The lowest BCUT2D eigenvalue weighted by Gasteiger charge is -2.36. The molecule has 0 aliphatic carbocycles. The molecule has 0 spiro atoms. The van der Waals surface area contributed by atoms with Gasteiger partial charge in [0.05, 0.1) is 23.1 Å². The second-order valence-corrected chi connectivity index (χ2v) is 8.40. The average Bonchev–Trinajstić information content (AvgIpc) is 2.43. The highest BCUT2D eigenvalue weighted by Gasteiger charge is 2.24. The van der Waals surface area contributed by atoms with Gasteiger partial charge >= 0.3 is 0 Å². The van der Waals surface area contributed by atoms with E-state index in [1.165, 1.54) is 0 Å². The molecule has 0 aromatic rings. The molecule has 0 aromatic carbocycles. The SMILES string of the molecule is CCCC(C#N)N1CCN(CCS(=O)(=O)C(C)C)CC1. The summed E-state index contributed by atoms with van der Waals surface area (Å²) in [5.74, 6) is 0.237. The first-order valence-corrected chi connectivity index (χ1v) is 9.19. The van der Waals surface area contributed by atoms with Gasteiger partial charge in [0.15, 0.2) is 9.84 Å². The predicted octanol–water partition coefficient (Wildman–Crippen LogP) is 1.12. The number of piperazine rings is 1. The van der Waals surface area contributed by atoms with E-state index in [-0.39, 0.29) is 17.0 Å². The smallest absolute Gasteiger partial charge is 0.153 e. The zero-order valence-corrected chi connectivity index (χ0v) is 13.7. The molecule has 0 N–H and O–H groups in total. The van der Waals surface area contributed by atoms with Crippen LogP contribution >= 0.6 is 0 Å². The van der Waals surface area contributed by atoms with E-state index in [1.807, 2.05) is 0 Å². The van der Waals surface area contributed by atoms with Crippen molar-refractivity contribution in [2.24, 2.45) is 0 Å². The van der Waals surface area contributed by atoms with Crippen molar-refractivity contribution < 1.29 is 8.42 Å². The van der Waals surface area contributed by atoms with Gasteiger partial charge in [0.25, 0.3) is 0 Å². The third-order valence-electron chi connectivity index (χ3n) is 3.97. The van der Waals surface area contributed by atoms with Gasteiger partial charge < -0.3 is 0 Å². The number of hydrogen-bond acceptors (Lipinski definition) is 5. The average molecular weight is 301 g/mol. The van der Waals surface area contributed by atoms with Gasteiger partial charge in [-0.25, -0.2) is 8.42 Å². The van der Waals surface area contributed by atoms with Crippen molar-refractivity contribution in [2.45, 2.75) is 44.9 Å². The fraction of sp³-hybridized carbons (Fsp3) is 0.929. The van der Waals surface area contributed by atoms with Crippen molar-refractivity contribution in [3.8, 4) is 6.07 Å². The topological polar surface area (TPSA) is 64.4 Å². The molecule has 0 saturated carbocycles. The van der Waals surface area contributed by atoms with Crippen LogP contribution in [0, 0.1) is 11.3 Å². The van der Waals surface area contributed by atoms with Crippen LogP contribution in [-0.2, 0) is 9.84 Å². The fourth-order valence-electron chi connectivity index (χ4n) is 2.39. The molecule has 5 nitrogen and oxygen atoms in total. The molecule has 0 radical (unpaired) electrons. The molecular formula is C14H27N3O2S. The molecule has 1 fully saturated rings. The van der Waals surface area contributed by atoms with Gasteiger partial charge in [-0.15, -0.1) is 0 Å². The van der Waals surface area contributed by atoms with Crippen molar-refractivity contribution in [3.05, 3.63) is 0 Å². The highest BCUT2D eigenvalue weighted by atomic mass is 32.2. The van der Waals surface area contributed by atoms with Gasteiger partial charge in [0.2, 0.25) is 0 Å². The summed E-state index contributed by atoms with van der Waals surface area (Å²) >= 11 is 0. The maximum Gasteiger partial charge on any atom is 0.153 e. The van der Waals surface area contributed by atoms with Gasteiger partial charge in [-0.3, -0.25) is 9.80 Å². The molecule has 0 bridgehead atoms. The van der Waals surface area contributed by atoms with Gasteiger partial charge in [0.1, 0.15) is 0 Å². The second kappa shape index (κ2) is 7.96. The Labute approximate surface area is 123 Å². The van der Waals surface area contributed by atoms with Gasteiger partial charge in [-0.05, 0) is 20.3 Å². The van der Waals surface area contributed by atoms with E-state index in [9.17, 15) is 8.42 Å². The maximum atomic E-state index is 11.8. The standard InChI is InChI=1S/C14H27N3O2S/c1-4-5-14(12-15)17-8-6-16(7-9-17)10-11-20(18,19)13(2)3/h13-14H,4-11H2,1-3H3. The largest absolute Gasteiger partial charge is 0.300 e. The Balaban J connectivity index is 2.38. The molecule has 6 heteroatoms. The van der Waals surface area contributed by atoms with Crippen molar-refractivity contribution in [2.75, 3.05) is 38.5 Å². The van der Waals surface area contributed by atoms with Crippen molar-refractivity contribution in [1.29, 1.82) is 5.26 Å². The van der Waals surface area contributed by atoms with E-state index in [1.54, 1.807) is 13.8 Å². The summed E-state index contributed by atoms with van der Waals surface area (Å²) in [6.45, 7) is 9.60. The van der Waals surface area contributed by atoms with Crippen molar-refractivity contribution in [3.63, 3.8) is 0 Å². The molecule has 1 heterocycles. The van der Waals surface area contributed by atoms with Crippen LogP contribution in [0.5, 0.6) is 0 Å². The first kappa shape index (κ1) is 17.4. The Bertz CT molecular complexity index is 420. The minimum atomic E-state index is -2.95. The number of rotatable bonds is 7. The van der Waals surface area contributed by atoms with E-state index < -0.39 is 9.84 Å². The van der Waals surface area contributed by atoms with E-state index >= 15 is 0 Å². The summed E-state index contributed by atoms with van der Waals surface area (Å²) in [5.41, 5.74) is 0. The van der Waals surface area contributed by atoms with Crippen LogP contribution < -0.4 is 0 Å². The Morgan fingerprint density at radius 2 is 1.80 bits per heavy atom. The van der Waals surface area contributed by atoms with Crippen LogP contribution in [0.4, 0.5) is 0 Å². The summed E-state index contributed by atoms with van der Waals surface area (Å²) in [5, 5.41) is 8.87. The quantitative estimate of drug-likeness (QED) is 0.705. The van der Waals surface area contributed by atoms with Crippen LogP contribution in [0.15, 0.2) is 0 Å². The molecule has 20 heavy (non-hydrogen) atoms. The maximum absolute atomic E-state index is 11.8. The van der Waals surface area contributed by atoms with E-state index in [0.29, 0.717) is 6.54 Å². The lowest BCUT2D eigenvalue weighted by molar-refractivity contribution is 0.115. The normalized spacial score (nSPS) is 19.9. The lowest BCUT2D eigenvalue weighted by Crippen LogP contribution is -2.50. The Morgan fingerprint density at radius 3 is 2.25 bits per heavy atom. The van der Waals surface area contributed by atoms with Crippen LogP contribution in [-0.4, -0.2) is 68.0 Å². The number of nitrogens with zero attached hydrogens (tertiary/aromatic N) is 3. The minimum Gasteiger partial charge on any atom is -0.300 e. The molecule has 1 aliphatic rings. The predicted molar refractivity (Wildman–Crippen MR) is 81.2 cm³/mol. The van der Waals surface area contributed by atoms with E-state index in [4.69, 9.17) is 5.26 Å². The van der Waals surface area contributed by atoms with E-state index in [0.717, 1.165) is 39.0 Å². The van der Waals surface area contributed by atoms with Gasteiger partial charge in [-0.2, -0.15) is 5.26 Å². The summed E-state index contributed by atoms with van der Waals surface area (Å²) in [4.78, 5) is 4.41. The van der Waals surface area contributed by atoms with E-state index in [2.05, 4.69) is 22.8 Å². The van der Waals surface area contributed by atoms with Crippen LogP contribution in [0.25, 0.3) is 0 Å². The summed E-state index contributed by atoms with van der Waals surface area (Å²) in [6.07, 6.45) is 1.93.